The minimum absolute atomic E-state index is 0. The van der Waals surface area contributed by atoms with Gasteiger partial charge in [-0.3, -0.25) is 9.59 Å². The van der Waals surface area contributed by atoms with Gasteiger partial charge < -0.3 is 16.0 Å². The van der Waals surface area contributed by atoms with Gasteiger partial charge in [0.15, 0.2) is 0 Å². The molecular weight excluding hydrogens is 326 g/mol. The summed E-state index contributed by atoms with van der Waals surface area (Å²) in [5, 5.41) is 8.93. The first-order valence-corrected chi connectivity index (χ1v) is 8.50. The van der Waals surface area contributed by atoms with E-state index >= 15 is 0 Å². The summed E-state index contributed by atoms with van der Waals surface area (Å²) in [4.78, 5) is 23.9. The van der Waals surface area contributed by atoms with Crippen LogP contribution in [0, 0.1) is 5.92 Å². The number of hydrogen-bond donors (Lipinski definition) is 3. The van der Waals surface area contributed by atoms with Crippen molar-refractivity contribution in [3.05, 3.63) is 29.8 Å². The molecule has 3 N–H and O–H groups in total. The lowest BCUT2D eigenvalue weighted by molar-refractivity contribution is -0.121. The molecule has 24 heavy (non-hydrogen) atoms. The highest BCUT2D eigenvalue weighted by molar-refractivity contribution is 5.92. The van der Waals surface area contributed by atoms with Gasteiger partial charge in [-0.05, 0) is 50.6 Å². The van der Waals surface area contributed by atoms with Gasteiger partial charge in [-0.2, -0.15) is 0 Å². The van der Waals surface area contributed by atoms with Gasteiger partial charge in [-0.1, -0.05) is 25.0 Å². The lowest BCUT2D eigenvalue weighted by Gasteiger charge is -2.12. The van der Waals surface area contributed by atoms with E-state index in [4.69, 9.17) is 0 Å². The van der Waals surface area contributed by atoms with Crippen molar-refractivity contribution in [3.63, 3.8) is 0 Å². The minimum Gasteiger partial charge on any atom is -0.352 e. The number of hydrogen-bond acceptors (Lipinski definition) is 3. The van der Waals surface area contributed by atoms with Crippen molar-refractivity contribution < 1.29 is 9.59 Å². The molecule has 1 aromatic rings. The van der Waals surface area contributed by atoms with E-state index in [-0.39, 0.29) is 30.1 Å². The van der Waals surface area contributed by atoms with Gasteiger partial charge in [0, 0.05) is 24.6 Å². The second-order valence-electron chi connectivity index (χ2n) is 6.15. The van der Waals surface area contributed by atoms with E-state index in [1.54, 1.807) is 0 Å². The van der Waals surface area contributed by atoms with Crippen molar-refractivity contribution in [2.75, 3.05) is 18.9 Å². The molecule has 2 amide bonds. The maximum Gasteiger partial charge on any atom is 0.227 e. The Balaban J connectivity index is 0.00000288. The number of rotatable bonds is 8. The molecule has 6 heteroatoms. The highest BCUT2D eigenvalue weighted by Gasteiger charge is 2.22. The van der Waals surface area contributed by atoms with E-state index in [0.717, 1.165) is 49.9 Å². The number of carbonyl (C=O) groups is 2. The minimum atomic E-state index is 0. The summed E-state index contributed by atoms with van der Waals surface area (Å²) in [6, 6.07) is 7.69. The van der Waals surface area contributed by atoms with Crippen LogP contribution in [-0.4, -0.2) is 25.4 Å². The zero-order valence-corrected chi connectivity index (χ0v) is 15.1. The zero-order chi connectivity index (χ0) is 16.5. The summed E-state index contributed by atoms with van der Waals surface area (Å²) in [5.41, 5.74) is 1.81. The molecule has 0 aromatic heterocycles. The normalized spacial score (nSPS) is 14.0. The van der Waals surface area contributed by atoms with Crippen LogP contribution in [0.1, 0.15) is 44.1 Å². The molecule has 1 aromatic carbocycles. The fraction of sp³-hybridized carbons (Fsp3) is 0.556. The third-order valence-corrected chi connectivity index (χ3v) is 4.24. The predicted octanol–water partition coefficient (Wildman–Crippen LogP) is 2.85. The molecule has 0 heterocycles. The highest BCUT2D eigenvalue weighted by Crippen LogP contribution is 2.26. The van der Waals surface area contributed by atoms with Crippen LogP contribution in [0.25, 0.3) is 0 Å². The number of halogens is 1. The van der Waals surface area contributed by atoms with Gasteiger partial charge in [0.2, 0.25) is 11.8 Å². The quantitative estimate of drug-likeness (QED) is 0.629. The van der Waals surface area contributed by atoms with Gasteiger partial charge in [0.05, 0.1) is 0 Å². The molecule has 5 nitrogen and oxygen atoms in total. The molecule has 1 aliphatic rings. The van der Waals surface area contributed by atoms with Gasteiger partial charge >= 0.3 is 0 Å². The summed E-state index contributed by atoms with van der Waals surface area (Å²) >= 11 is 0. The molecule has 0 spiro atoms. The maximum absolute atomic E-state index is 12.2. The Morgan fingerprint density at radius 1 is 1.21 bits per heavy atom. The van der Waals surface area contributed by atoms with Crippen LogP contribution in [0.5, 0.6) is 0 Å². The fourth-order valence-electron chi connectivity index (χ4n) is 2.91. The van der Waals surface area contributed by atoms with Crippen molar-refractivity contribution in [2.24, 2.45) is 5.92 Å². The molecule has 1 aliphatic carbocycles. The average Bonchev–Trinajstić information content (AvgIpc) is 3.08. The molecule has 134 valence electrons. The van der Waals surface area contributed by atoms with E-state index in [1.807, 2.05) is 31.3 Å². The zero-order valence-electron chi connectivity index (χ0n) is 14.3. The molecule has 1 fully saturated rings. The largest absolute Gasteiger partial charge is 0.352 e. The Hall–Kier alpha value is -1.59. The molecule has 1 saturated carbocycles. The molecule has 0 aliphatic heterocycles. The molecule has 0 atom stereocenters. The second kappa shape index (κ2) is 11.0. The Bertz CT molecular complexity index is 531. The topological polar surface area (TPSA) is 70.2 Å². The number of benzene rings is 1. The Labute approximate surface area is 150 Å². The van der Waals surface area contributed by atoms with Crippen LogP contribution in [0.2, 0.25) is 0 Å². The molecule has 0 radical (unpaired) electrons. The van der Waals surface area contributed by atoms with Gasteiger partial charge in [-0.15, -0.1) is 12.4 Å². The number of anilines is 1. The highest BCUT2D eigenvalue weighted by atomic mass is 35.5. The van der Waals surface area contributed by atoms with E-state index in [0.29, 0.717) is 13.0 Å². The van der Waals surface area contributed by atoms with Gasteiger partial charge in [-0.25, -0.2) is 0 Å². The Morgan fingerprint density at radius 3 is 2.67 bits per heavy atom. The fourth-order valence-corrected chi connectivity index (χ4v) is 2.91. The van der Waals surface area contributed by atoms with Crippen molar-refractivity contribution in [1.29, 1.82) is 0 Å². The van der Waals surface area contributed by atoms with Crippen LogP contribution in [0.3, 0.4) is 0 Å². The van der Waals surface area contributed by atoms with Crippen LogP contribution in [0.4, 0.5) is 5.69 Å². The van der Waals surface area contributed by atoms with Crippen LogP contribution in [-0.2, 0) is 16.1 Å². The summed E-state index contributed by atoms with van der Waals surface area (Å²) < 4.78 is 0. The van der Waals surface area contributed by atoms with Crippen molar-refractivity contribution in [1.82, 2.24) is 10.6 Å². The molecule has 0 bridgehead atoms. The average molecular weight is 354 g/mol. The molecule has 0 unspecified atom stereocenters. The third kappa shape index (κ3) is 6.89. The SMILES string of the molecule is CNCCCC(=O)NCc1cccc(NC(=O)C2CCCC2)c1.Cl. The van der Waals surface area contributed by atoms with Crippen LogP contribution < -0.4 is 16.0 Å². The van der Waals surface area contributed by atoms with Crippen LogP contribution >= 0.6 is 12.4 Å². The summed E-state index contributed by atoms with van der Waals surface area (Å²) in [6.45, 7) is 1.33. The lowest BCUT2D eigenvalue weighted by atomic mass is 10.1. The van der Waals surface area contributed by atoms with E-state index in [1.165, 1.54) is 0 Å². The van der Waals surface area contributed by atoms with Gasteiger partial charge in [0.25, 0.3) is 0 Å². The summed E-state index contributed by atoms with van der Waals surface area (Å²) in [5.74, 6) is 0.335. The number of nitrogens with one attached hydrogen (secondary N) is 3. The van der Waals surface area contributed by atoms with E-state index in [2.05, 4.69) is 16.0 Å². The summed E-state index contributed by atoms with van der Waals surface area (Å²) in [7, 11) is 1.88. The Morgan fingerprint density at radius 2 is 1.96 bits per heavy atom. The third-order valence-electron chi connectivity index (χ3n) is 4.24. The Kier molecular flexibility index (Phi) is 9.42. The maximum atomic E-state index is 12.2. The standard InChI is InChI=1S/C18H27N3O2.ClH/c1-19-11-5-10-17(22)20-13-14-6-4-9-16(12-14)21-18(23)15-7-2-3-8-15;/h4,6,9,12,15,19H,2-3,5,7-8,10-11,13H2,1H3,(H,20,22)(H,21,23);1H. The van der Waals surface area contributed by atoms with E-state index < -0.39 is 0 Å². The van der Waals surface area contributed by atoms with Crippen molar-refractivity contribution in [2.45, 2.75) is 45.1 Å². The van der Waals surface area contributed by atoms with E-state index in [9.17, 15) is 9.59 Å². The number of carbonyl (C=O) groups excluding carboxylic acids is 2. The first kappa shape index (κ1) is 20.5. The van der Waals surface area contributed by atoms with Crippen molar-refractivity contribution >= 4 is 29.9 Å². The molecular formula is C18H28ClN3O2. The first-order chi connectivity index (χ1) is 11.2. The van der Waals surface area contributed by atoms with Gasteiger partial charge in [0.1, 0.15) is 0 Å². The van der Waals surface area contributed by atoms with Crippen LogP contribution in [0.15, 0.2) is 24.3 Å². The number of amides is 2. The predicted molar refractivity (Wildman–Crippen MR) is 99.3 cm³/mol. The monoisotopic (exact) mass is 353 g/mol. The first-order valence-electron chi connectivity index (χ1n) is 8.50. The molecule has 2 rings (SSSR count). The molecule has 0 saturated heterocycles. The smallest absolute Gasteiger partial charge is 0.227 e. The lowest BCUT2D eigenvalue weighted by Crippen LogP contribution is -2.24. The summed E-state index contributed by atoms with van der Waals surface area (Å²) in [6.07, 6.45) is 5.65. The second-order valence-corrected chi connectivity index (χ2v) is 6.15. The van der Waals surface area contributed by atoms with Crippen molar-refractivity contribution in [3.8, 4) is 0 Å².